The van der Waals surface area contributed by atoms with E-state index in [9.17, 15) is 13.2 Å². The van der Waals surface area contributed by atoms with Gasteiger partial charge in [-0.2, -0.15) is 18.2 Å². The van der Waals surface area contributed by atoms with Crippen LogP contribution in [0, 0.1) is 0 Å². The number of alkyl halides is 3. The molecule has 162 valence electrons. The van der Waals surface area contributed by atoms with Crippen LogP contribution in [-0.2, 0) is 12.6 Å². The Bertz CT molecular complexity index is 1010. The number of hydrogen-bond acceptors (Lipinski definition) is 4. The molecule has 1 aromatic heterocycles. The fraction of sp³-hybridized carbons (Fsp3) is 0.333. The molecular formula is C24H25F3N4. The molecule has 0 aliphatic heterocycles. The number of aryl methyl sites for hydroxylation is 1. The van der Waals surface area contributed by atoms with E-state index in [0.717, 1.165) is 23.9 Å². The van der Waals surface area contributed by atoms with Crippen LogP contribution in [0.1, 0.15) is 55.2 Å². The molecule has 1 aliphatic carbocycles. The lowest BCUT2D eigenvalue weighted by atomic mass is 9.98. The van der Waals surface area contributed by atoms with Gasteiger partial charge in [-0.15, -0.1) is 0 Å². The number of halogens is 3. The van der Waals surface area contributed by atoms with Gasteiger partial charge in [0.15, 0.2) is 0 Å². The first-order valence-electron chi connectivity index (χ1n) is 10.6. The quantitative estimate of drug-likeness (QED) is 0.437. The SMILES string of the molecule is CCc1ccc(Nc2nc(Nc3ccc(C4CCCC4)cc3)ncc2C(F)(F)F)cc1. The molecule has 1 saturated carbocycles. The van der Waals surface area contributed by atoms with Crippen molar-refractivity contribution in [2.24, 2.45) is 0 Å². The Morgan fingerprint density at radius 3 is 2.13 bits per heavy atom. The Labute approximate surface area is 179 Å². The fourth-order valence-corrected chi connectivity index (χ4v) is 3.93. The Balaban J connectivity index is 1.55. The van der Waals surface area contributed by atoms with Crippen molar-refractivity contribution in [3.63, 3.8) is 0 Å². The van der Waals surface area contributed by atoms with Crippen molar-refractivity contribution in [2.75, 3.05) is 10.6 Å². The Morgan fingerprint density at radius 1 is 0.903 bits per heavy atom. The summed E-state index contributed by atoms with van der Waals surface area (Å²) in [6.07, 6.45) is 2.06. The molecule has 3 aromatic rings. The molecular weight excluding hydrogens is 401 g/mol. The highest BCUT2D eigenvalue weighted by Crippen LogP contribution is 2.36. The van der Waals surface area contributed by atoms with Gasteiger partial charge < -0.3 is 10.6 Å². The smallest absolute Gasteiger partial charge is 0.340 e. The molecule has 2 N–H and O–H groups in total. The summed E-state index contributed by atoms with van der Waals surface area (Å²) in [5, 5.41) is 5.81. The summed E-state index contributed by atoms with van der Waals surface area (Å²) in [6, 6.07) is 15.2. The third-order valence-corrected chi connectivity index (χ3v) is 5.71. The van der Waals surface area contributed by atoms with Crippen molar-refractivity contribution in [1.82, 2.24) is 9.97 Å². The molecule has 0 unspecified atom stereocenters. The molecule has 1 heterocycles. The zero-order valence-corrected chi connectivity index (χ0v) is 17.3. The Kier molecular flexibility index (Phi) is 6.11. The van der Waals surface area contributed by atoms with Crippen LogP contribution in [0.3, 0.4) is 0 Å². The molecule has 4 nitrogen and oxygen atoms in total. The van der Waals surface area contributed by atoms with E-state index in [1.165, 1.54) is 31.2 Å². The highest BCUT2D eigenvalue weighted by molar-refractivity contribution is 5.63. The average Bonchev–Trinajstić information content (AvgIpc) is 3.29. The number of nitrogens with zero attached hydrogens (tertiary/aromatic N) is 2. The van der Waals surface area contributed by atoms with Gasteiger partial charge in [0.2, 0.25) is 5.95 Å². The van der Waals surface area contributed by atoms with Gasteiger partial charge in [-0.05, 0) is 60.6 Å². The number of nitrogens with one attached hydrogen (secondary N) is 2. The summed E-state index contributed by atoms with van der Waals surface area (Å²) in [6.45, 7) is 2.02. The minimum Gasteiger partial charge on any atom is -0.340 e. The first-order chi connectivity index (χ1) is 14.9. The maximum absolute atomic E-state index is 13.5. The summed E-state index contributed by atoms with van der Waals surface area (Å²) in [7, 11) is 0. The van der Waals surface area contributed by atoms with Crippen LogP contribution in [0.4, 0.5) is 36.3 Å². The molecule has 1 aliphatic rings. The highest BCUT2D eigenvalue weighted by atomic mass is 19.4. The summed E-state index contributed by atoms with van der Waals surface area (Å²) < 4.78 is 40.4. The average molecular weight is 426 g/mol. The van der Waals surface area contributed by atoms with Crippen LogP contribution in [0.25, 0.3) is 0 Å². The zero-order chi connectivity index (χ0) is 21.8. The normalized spacial score (nSPS) is 14.6. The van der Waals surface area contributed by atoms with Crippen molar-refractivity contribution in [3.8, 4) is 0 Å². The first-order valence-corrected chi connectivity index (χ1v) is 10.6. The number of anilines is 4. The summed E-state index contributed by atoms with van der Waals surface area (Å²) in [4.78, 5) is 8.01. The van der Waals surface area contributed by atoms with Crippen molar-refractivity contribution < 1.29 is 13.2 Å². The van der Waals surface area contributed by atoms with Crippen LogP contribution in [-0.4, -0.2) is 9.97 Å². The predicted molar refractivity (Wildman–Crippen MR) is 117 cm³/mol. The second-order valence-electron chi connectivity index (χ2n) is 7.86. The molecule has 0 saturated heterocycles. The minimum absolute atomic E-state index is 0.106. The van der Waals surface area contributed by atoms with E-state index in [0.29, 0.717) is 11.6 Å². The van der Waals surface area contributed by atoms with E-state index in [4.69, 9.17) is 0 Å². The lowest BCUT2D eigenvalue weighted by Gasteiger charge is -2.15. The van der Waals surface area contributed by atoms with Crippen molar-refractivity contribution in [3.05, 3.63) is 71.4 Å². The van der Waals surface area contributed by atoms with E-state index in [2.05, 4.69) is 32.7 Å². The first kappa shape index (κ1) is 21.2. The van der Waals surface area contributed by atoms with Crippen molar-refractivity contribution >= 4 is 23.1 Å². The standard InChI is InChI=1S/C24H25F3N4/c1-2-16-7-11-19(12-8-16)29-22-21(24(25,26)27)15-28-23(31-22)30-20-13-9-18(10-14-20)17-5-3-4-6-17/h7-15,17H,2-6H2,1H3,(H2,28,29,30,31). The molecule has 2 aromatic carbocycles. The molecule has 0 bridgehead atoms. The fourth-order valence-electron chi connectivity index (χ4n) is 3.93. The topological polar surface area (TPSA) is 49.8 Å². The van der Waals surface area contributed by atoms with Crippen LogP contribution >= 0.6 is 0 Å². The highest BCUT2D eigenvalue weighted by Gasteiger charge is 2.35. The maximum Gasteiger partial charge on any atom is 0.421 e. The summed E-state index contributed by atoms with van der Waals surface area (Å²) >= 11 is 0. The van der Waals surface area contributed by atoms with E-state index < -0.39 is 11.7 Å². The lowest BCUT2D eigenvalue weighted by Crippen LogP contribution is -2.12. The predicted octanol–water partition coefficient (Wildman–Crippen LogP) is 7.20. The monoisotopic (exact) mass is 426 g/mol. The number of hydrogen-bond donors (Lipinski definition) is 2. The molecule has 1 fully saturated rings. The minimum atomic E-state index is -4.56. The van der Waals surface area contributed by atoms with E-state index in [1.807, 2.05) is 31.2 Å². The largest absolute Gasteiger partial charge is 0.421 e. The molecule has 0 amide bonds. The van der Waals surface area contributed by atoms with Crippen molar-refractivity contribution in [2.45, 2.75) is 51.1 Å². The van der Waals surface area contributed by atoms with Gasteiger partial charge in [0.25, 0.3) is 0 Å². The maximum atomic E-state index is 13.5. The molecule has 0 radical (unpaired) electrons. The Morgan fingerprint density at radius 2 is 1.52 bits per heavy atom. The molecule has 7 heteroatoms. The summed E-state index contributed by atoms with van der Waals surface area (Å²) in [5.74, 6) is 0.428. The van der Waals surface area contributed by atoms with Gasteiger partial charge >= 0.3 is 6.18 Å². The molecule has 0 spiro atoms. The van der Waals surface area contributed by atoms with Gasteiger partial charge in [0.05, 0.1) is 0 Å². The van der Waals surface area contributed by atoms with Gasteiger partial charge in [-0.1, -0.05) is 44.0 Å². The van der Waals surface area contributed by atoms with E-state index in [1.54, 1.807) is 12.1 Å². The van der Waals surface area contributed by atoms with Gasteiger partial charge in [0, 0.05) is 17.6 Å². The number of rotatable bonds is 6. The number of aromatic nitrogens is 2. The third-order valence-electron chi connectivity index (χ3n) is 5.71. The molecule has 0 atom stereocenters. The second-order valence-corrected chi connectivity index (χ2v) is 7.86. The van der Waals surface area contributed by atoms with E-state index in [-0.39, 0.29) is 11.8 Å². The van der Waals surface area contributed by atoms with Crippen LogP contribution in [0.2, 0.25) is 0 Å². The second kappa shape index (κ2) is 8.96. The summed E-state index contributed by atoms with van der Waals surface area (Å²) in [5.41, 5.74) is 2.77. The Hall–Kier alpha value is -3.09. The van der Waals surface area contributed by atoms with Crippen LogP contribution < -0.4 is 10.6 Å². The van der Waals surface area contributed by atoms with Gasteiger partial charge in [-0.25, -0.2) is 4.98 Å². The third kappa shape index (κ3) is 5.16. The molecule has 4 rings (SSSR count). The van der Waals surface area contributed by atoms with Gasteiger partial charge in [0.1, 0.15) is 11.4 Å². The number of benzene rings is 2. The van der Waals surface area contributed by atoms with Crippen LogP contribution in [0.5, 0.6) is 0 Å². The van der Waals surface area contributed by atoms with E-state index >= 15 is 0 Å². The zero-order valence-electron chi connectivity index (χ0n) is 17.3. The van der Waals surface area contributed by atoms with Gasteiger partial charge in [-0.3, -0.25) is 0 Å². The lowest BCUT2D eigenvalue weighted by molar-refractivity contribution is -0.137. The molecule has 31 heavy (non-hydrogen) atoms. The van der Waals surface area contributed by atoms with Crippen LogP contribution in [0.15, 0.2) is 54.7 Å². The van der Waals surface area contributed by atoms with Crippen molar-refractivity contribution in [1.29, 1.82) is 0 Å².